The number of amides is 1. The maximum atomic E-state index is 11.4. The molecule has 16 heavy (non-hydrogen) atoms. The van der Waals surface area contributed by atoms with E-state index in [1.165, 1.54) is 24.3 Å². The molecular weight excluding hydrogens is 210 g/mol. The fraction of sp³-hybridized carbons (Fsp3) is 0.200. The molecule has 0 aromatic heterocycles. The van der Waals surface area contributed by atoms with Gasteiger partial charge in [-0.2, -0.15) is 0 Å². The predicted octanol–water partition coefficient (Wildman–Crippen LogP) is -0.0979. The highest BCUT2D eigenvalue weighted by molar-refractivity contribution is 5.95. The van der Waals surface area contributed by atoms with E-state index in [1.807, 2.05) is 0 Å². The minimum Gasteiger partial charge on any atom is -0.478 e. The first-order valence-corrected chi connectivity index (χ1v) is 4.62. The second kappa shape index (κ2) is 5.84. The van der Waals surface area contributed by atoms with Crippen molar-refractivity contribution in [1.82, 2.24) is 16.4 Å². The zero-order valence-corrected chi connectivity index (χ0v) is 8.49. The lowest BCUT2D eigenvalue weighted by atomic mass is 10.1. The molecule has 0 aliphatic carbocycles. The maximum Gasteiger partial charge on any atom is 0.335 e. The summed E-state index contributed by atoms with van der Waals surface area (Å²) < 4.78 is 0. The third-order valence-electron chi connectivity index (χ3n) is 1.89. The van der Waals surface area contributed by atoms with Gasteiger partial charge in [0.2, 0.25) is 0 Å². The number of rotatable bonds is 5. The van der Waals surface area contributed by atoms with E-state index in [-0.39, 0.29) is 24.8 Å². The highest BCUT2D eigenvalue weighted by atomic mass is 16.4. The summed E-state index contributed by atoms with van der Waals surface area (Å²) in [5.41, 5.74) is 7.32. The molecule has 1 amide bonds. The standard InChI is InChI=1S/C10H12N3O3/c11-5-12-6-13-9(14)7-1-3-8(4-2-7)10(15)16/h1-4,11-12H,5-6H2,(H,13,14)(H,15,16). The number of carbonyl (C=O) groups is 2. The van der Waals surface area contributed by atoms with Crippen LogP contribution in [0.4, 0.5) is 0 Å². The van der Waals surface area contributed by atoms with E-state index in [4.69, 9.17) is 10.8 Å². The predicted molar refractivity (Wildman–Crippen MR) is 56.8 cm³/mol. The normalized spacial score (nSPS) is 9.81. The van der Waals surface area contributed by atoms with Gasteiger partial charge in [0.05, 0.1) is 18.9 Å². The monoisotopic (exact) mass is 222 g/mol. The van der Waals surface area contributed by atoms with Gasteiger partial charge in [-0.15, -0.1) is 0 Å². The Balaban J connectivity index is 2.59. The molecule has 0 heterocycles. The van der Waals surface area contributed by atoms with Crippen molar-refractivity contribution in [2.75, 3.05) is 13.3 Å². The van der Waals surface area contributed by atoms with Crippen molar-refractivity contribution in [3.05, 3.63) is 35.4 Å². The van der Waals surface area contributed by atoms with Crippen LogP contribution in [0.2, 0.25) is 0 Å². The fourth-order valence-corrected chi connectivity index (χ4v) is 1.07. The van der Waals surface area contributed by atoms with Gasteiger partial charge in [-0.1, -0.05) is 0 Å². The summed E-state index contributed by atoms with van der Waals surface area (Å²) in [5, 5.41) is 13.8. The average molecular weight is 222 g/mol. The number of aromatic carboxylic acids is 1. The molecule has 6 nitrogen and oxygen atoms in total. The first-order valence-electron chi connectivity index (χ1n) is 4.62. The van der Waals surface area contributed by atoms with Crippen LogP contribution in [0.1, 0.15) is 20.7 Å². The molecule has 1 rings (SSSR count). The minimum atomic E-state index is -1.03. The Bertz CT molecular complexity index is 375. The van der Waals surface area contributed by atoms with Crippen molar-refractivity contribution in [2.45, 2.75) is 0 Å². The summed E-state index contributed by atoms with van der Waals surface area (Å²) in [7, 11) is 0. The van der Waals surface area contributed by atoms with Crippen LogP contribution >= 0.6 is 0 Å². The minimum absolute atomic E-state index is 0.0260. The molecule has 0 aliphatic rings. The van der Waals surface area contributed by atoms with Gasteiger partial charge in [-0.05, 0) is 24.3 Å². The molecule has 1 aromatic carbocycles. The molecule has 6 heteroatoms. The molecule has 0 fully saturated rings. The van der Waals surface area contributed by atoms with Crippen LogP contribution in [0.25, 0.3) is 0 Å². The number of carboxylic acids is 1. The van der Waals surface area contributed by atoms with E-state index in [2.05, 4.69) is 10.6 Å². The van der Waals surface area contributed by atoms with Gasteiger partial charge in [0, 0.05) is 5.56 Å². The van der Waals surface area contributed by atoms with Gasteiger partial charge in [-0.25, -0.2) is 10.5 Å². The molecule has 0 saturated carbocycles. The Kier molecular flexibility index (Phi) is 4.43. The lowest BCUT2D eigenvalue weighted by Crippen LogP contribution is -2.34. The van der Waals surface area contributed by atoms with Crippen molar-refractivity contribution in [1.29, 1.82) is 0 Å². The van der Waals surface area contributed by atoms with Crippen LogP contribution in [-0.4, -0.2) is 30.3 Å². The number of hydrogen-bond donors (Lipinski definition) is 3. The topological polar surface area (TPSA) is 102 Å². The second-order valence-corrected chi connectivity index (χ2v) is 2.99. The van der Waals surface area contributed by atoms with Crippen LogP contribution in [-0.2, 0) is 0 Å². The lowest BCUT2D eigenvalue weighted by molar-refractivity contribution is 0.0696. The van der Waals surface area contributed by atoms with Gasteiger partial charge in [0.25, 0.3) is 5.91 Å². The fourth-order valence-electron chi connectivity index (χ4n) is 1.07. The van der Waals surface area contributed by atoms with E-state index in [0.717, 1.165) is 0 Å². The Morgan fingerprint density at radius 1 is 1.19 bits per heavy atom. The second-order valence-electron chi connectivity index (χ2n) is 2.99. The van der Waals surface area contributed by atoms with E-state index in [9.17, 15) is 9.59 Å². The van der Waals surface area contributed by atoms with Gasteiger partial charge in [-0.3, -0.25) is 10.1 Å². The molecule has 0 aliphatic heterocycles. The van der Waals surface area contributed by atoms with Crippen LogP contribution in [0.3, 0.4) is 0 Å². The molecule has 85 valence electrons. The molecule has 0 unspecified atom stereocenters. The number of carbonyl (C=O) groups excluding carboxylic acids is 1. The average Bonchev–Trinajstić information content (AvgIpc) is 2.29. The molecule has 0 bridgehead atoms. The van der Waals surface area contributed by atoms with Crippen LogP contribution in [0, 0.1) is 0 Å². The molecule has 0 atom stereocenters. The van der Waals surface area contributed by atoms with Gasteiger partial charge in [0.15, 0.2) is 0 Å². The Labute approximate surface area is 92.4 Å². The molecule has 1 radical (unpaired) electrons. The third kappa shape index (κ3) is 3.34. The smallest absolute Gasteiger partial charge is 0.335 e. The first kappa shape index (κ1) is 12.2. The Hall–Kier alpha value is -1.92. The van der Waals surface area contributed by atoms with Crippen molar-refractivity contribution >= 4 is 11.9 Å². The molecule has 0 spiro atoms. The largest absolute Gasteiger partial charge is 0.478 e. The van der Waals surface area contributed by atoms with E-state index in [0.29, 0.717) is 5.56 Å². The number of benzene rings is 1. The quantitative estimate of drug-likeness (QED) is 0.478. The van der Waals surface area contributed by atoms with E-state index in [1.54, 1.807) is 0 Å². The number of nitrogens with one attached hydrogen (secondary N) is 3. The highest BCUT2D eigenvalue weighted by Crippen LogP contribution is 2.04. The first-order chi connectivity index (χ1) is 7.65. The van der Waals surface area contributed by atoms with Gasteiger partial charge < -0.3 is 10.4 Å². The van der Waals surface area contributed by atoms with Crippen molar-refractivity contribution in [2.24, 2.45) is 0 Å². The summed E-state index contributed by atoms with van der Waals surface area (Å²) in [4.78, 5) is 22.0. The highest BCUT2D eigenvalue weighted by Gasteiger charge is 2.06. The molecule has 1 aromatic rings. The lowest BCUT2D eigenvalue weighted by Gasteiger charge is -2.05. The number of hydrogen-bond acceptors (Lipinski definition) is 3. The van der Waals surface area contributed by atoms with Crippen molar-refractivity contribution < 1.29 is 14.7 Å². The SMILES string of the molecule is [NH]CNCNC(=O)c1ccc(C(=O)O)cc1. The van der Waals surface area contributed by atoms with Gasteiger partial charge in [0.1, 0.15) is 0 Å². The van der Waals surface area contributed by atoms with Gasteiger partial charge >= 0.3 is 5.97 Å². The summed E-state index contributed by atoms with van der Waals surface area (Å²) in [6.45, 7) is 0.237. The number of carboxylic acid groups (broad SMARTS) is 1. The van der Waals surface area contributed by atoms with E-state index < -0.39 is 5.97 Å². The van der Waals surface area contributed by atoms with Crippen LogP contribution in [0.15, 0.2) is 24.3 Å². The molecular formula is C10H12N3O3. The third-order valence-corrected chi connectivity index (χ3v) is 1.89. The van der Waals surface area contributed by atoms with Crippen molar-refractivity contribution in [3.8, 4) is 0 Å². The molecule has 0 saturated heterocycles. The zero-order valence-electron chi connectivity index (χ0n) is 8.49. The summed E-state index contributed by atoms with van der Waals surface area (Å²) in [5.74, 6) is -1.33. The summed E-state index contributed by atoms with van der Waals surface area (Å²) >= 11 is 0. The zero-order chi connectivity index (χ0) is 12.0. The van der Waals surface area contributed by atoms with E-state index >= 15 is 0 Å². The molecule has 4 N–H and O–H groups in total. The Morgan fingerprint density at radius 2 is 1.75 bits per heavy atom. The summed E-state index contributed by atoms with van der Waals surface area (Å²) in [6, 6.07) is 5.63. The van der Waals surface area contributed by atoms with Crippen LogP contribution < -0.4 is 16.4 Å². The van der Waals surface area contributed by atoms with Crippen LogP contribution in [0.5, 0.6) is 0 Å². The van der Waals surface area contributed by atoms with Crippen molar-refractivity contribution in [3.63, 3.8) is 0 Å². The Morgan fingerprint density at radius 3 is 2.25 bits per heavy atom. The summed E-state index contributed by atoms with van der Waals surface area (Å²) in [6.07, 6.45) is 0. The maximum absolute atomic E-state index is 11.4.